The lowest BCUT2D eigenvalue weighted by Crippen LogP contribution is -2.00. The SMILES string of the molecule is CC=COCCCC(C)O.CCCC(=O)O. The molecule has 0 aromatic heterocycles. The van der Waals surface area contributed by atoms with Gasteiger partial charge in [-0.2, -0.15) is 0 Å². The summed E-state index contributed by atoms with van der Waals surface area (Å²) in [5.41, 5.74) is 0. The van der Waals surface area contributed by atoms with Gasteiger partial charge in [-0.3, -0.25) is 4.79 Å². The highest BCUT2D eigenvalue weighted by Gasteiger charge is 1.93. The number of carboxylic acids is 1. The van der Waals surface area contributed by atoms with Crippen molar-refractivity contribution < 1.29 is 19.7 Å². The third-order valence-corrected chi connectivity index (χ3v) is 1.58. The predicted octanol–water partition coefficient (Wildman–Crippen LogP) is 2.57. The van der Waals surface area contributed by atoms with Crippen LogP contribution in [-0.4, -0.2) is 28.9 Å². The summed E-state index contributed by atoms with van der Waals surface area (Å²) in [5, 5.41) is 16.7. The molecule has 1 unspecified atom stereocenters. The molecular weight excluding hydrogens is 208 g/mol. The normalized spacial score (nSPS) is 11.8. The average Bonchev–Trinajstić information content (AvgIpc) is 2.17. The van der Waals surface area contributed by atoms with Gasteiger partial charge in [-0.15, -0.1) is 0 Å². The highest BCUT2D eigenvalue weighted by molar-refractivity contribution is 5.66. The van der Waals surface area contributed by atoms with E-state index in [0.29, 0.717) is 13.0 Å². The molecule has 0 rings (SSSR count). The number of aliphatic hydroxyl groups excluding tert-OH is 1. The van der Waals surface area contributed by atoms with E-state index in [-0.39, 0.29) is 6.10 Å². The fraction of sp³-hybridized carbons (Fsp3) is 0.750. The van der Waals surface area contributed by atoms with Gasteiger partial charge in [0.1, 0.15) is 0 Å². The van der Waals surface area contributed by atoms with Gasteiger partial charge in [0.25, 0.3) is 0 Å². The molecular formula is C12H24O4. The summed E-state index contributed by atoms with van der Waals surface area (Å²) >= 11 is 0. The molecule has 0 aromatic carbocycles. The molecule has 0 bridgehead atoms. The zero-order valence-electron chi connectivity index (χ0n) is 10.5. The van der Waals surface area contributed by atoms with Crippen molar-refractivity contribution in [2.75, 3.05) is 6.61 Å². The third kappa shape index (κ3) is 23.1. The standard InChI is InChI=1S/C8H16O2.C4H8O2/c1-3-6-10-7-4-5-8(2)9;1-2-3-4(5)6/h3,6,8-9H,4-5,7H2,1-2H3;2-3H2,1H3,(H,5,6). The van der Waals surface area contributed by atoms with Crippen molar-refractivity contribution in [2.45, 2.75) is 52.6 Å². The van der Waals surface area contributed by atoms with Crippen LogP contribution < -0.4 is 0 Å². The fourth-order valence-electron chi connectivity index (χ4n) is 0.840. The number of rotatable bonds is 7. The number of aliphatic hydroxyl groups is 1. The van der Waals surface area contributed by atoms with Crippen LogP contribution in [0, 0.1) is 0 Å². The molecule has 1 atom stereocenters. The number of allylic oxidation sites excluding steroid dienone is 1. The Bertz CT molecular complexity index is 176. The number of hydrogen-bond donors (Lipinski definition) is 2. The lowest BCUT2D eigenvalue weighted by Gasteiger charge is -2.02. The van der Waals surface area contributed by atoms with Gasteiger partial charge in [-0.1, -0.05) is 13.0 Å². The van der Waals surface area contributed by atoms with Crippen molar-refractivity contribution in [3.63, 3.8) is 0 Å². The molecule has 4 nitrogen and oxygen atoms in total. The second-order valence-corrected chi connectivity index (χ2v) is 3.48. The van der Waals surface area contributed by atoms with Gasteiger partial charge in [0, 0.05) is 6.42 Å². The molecule has 0 aromatic rings. The number of ether oxygens (including phenoxy) is 1. The summed E-state index contributed by atoms with van der Waals surface area (Å²) in [5.74, 6) is -0.711. The van der Waals surface area contributed by atoms with Crippen LogP contribution in [0.4, 0.5) is 0 Å². The first-order valence-electron chi connectivity index (χ1n) is 5.67. The van der Waals surface area contributed by atoms with E-state index < -0.39 is 5.97 Å². The smallest absolute Gasteiger partial charge is 0.303 e. The molecule has 0 aliphatic rings. The van der Waals surface area contributed by atoms with E-state index in [1.54, 1.807) is 13.2 Å². The summed E-state index contributed by atoms with van der Waals surface area (Å²) in [6.07, 6.45) is 6.08. The van der Waals surface area contributed by atoms with Crippen molar-refractivity contribution >= 4 is 5.97 Å². The van der Waals surface area contributed by atoms with E-state index in [1.165, 1.54) is 0 Å². The summed E-state index contributed by atoms with van der Waals surface area (Å²) in [6, 6.07) is 0. The van der Waals surface area contributed by atoms with Crippen molar-refractivity contribution in [3.8, 4) is 0 Å². The molecule has 0 radical (unpaired) electrons. The monoisotopic (exact) mass is 232 g/mol. The van der Waals surface area contributed by atoms with Gasteiger partial charge in [0.2, 0.25) is 0 Å². The highest BCUT2D eigenvalue weighted by atomic mass is 16.5. The lowest BCUT2D eigenvalue weighted by molar-refractivity contribution is -0.137. The quantitative estimate of drug-likeness (QED) is 0.523. The Morgan fingerprint density at radius 2 is 2.12 bits per heavy atom. The number of carboxylic acid groups (broad SMARTS) is 1. The van der Waals surface area contributed by atoms with Crippen molar-refractivity contribution in [1.82, 2.24) is 0 Å². The molecule has 0 aliphatic heterocycles. The van der Waals surface area contributed by atoms with Crippen LogP contribution in [0.5, 0.6) is 0 Å². The van der Waals surface area contributed by atoms with Crippen molar-refractivity contribution in [3.05, 3.63) is 12.3 Å². The molecule has 0 spiro atoms. The number of carbonyl (C=O) groups is 1. The van der Waals surface area contributed by atoms with Crippen LogP contribution in [0.1, 0.15) is 46.5 Å². The van der Waals surface area contributed by atoms with Crippen LogP contribution in [0.15, 0.2) is 12.3 Å². The molecule has 16 heavy (non-hydrogen) atoms. The Hall–Kier alpha value is -1.03. The van der Waals surface area contributed by atoms with E-state index in [2.05, 4.69) is 0 Å². The van der Waals surface area contributed by atoms with Crippen molar-refractivity contribution in [2.24, 2.45) is 0 Å². The summed E-state index contributed by atoms with van der Waals surface area (Å²) in [7, 11) is 0. The zero-order chi connectivity index (χ0) is 12.8. The van der Waals surface area contributed by atoms with Crippen LogP contribution >= 0.6 is 0 Å². The van der Waals surface area contributed by atoms with E-state index >= 15 is 0 Å². The average molecular weight is 232 g/mol. The Labute approximate surface area is 97.9 Å². The van der Waals surface area contributed by atoms with E-state index in [0.717, 1.165) is 19.3 Å². The predicted molar refractivity (Wildman–Crippen MR) is 64.2 cm³/mol. The van der Waals surface area contributed by atoms with E-state index in [9.17, 15) is 4.79 Å². The van der Waals surface area contributed by atoms with Crippen LogP contribution in [0.25, 0.3) is 0 Å². The van der Waals surface area contributed by atoms with Gasteiger partial charge in [0.15, 0.2) is 0 Å². The maximum absolute atomic E-state index is 9.60. The van der Waals surface area contributed by atoms with Gasteiger partial charge in [0.05, 0.1) is 19.0 Å². The molecule has 0 fully saturated rings. The summed E-state index contributed by atoms with van der Waals surface area (Å²) < 4.78 is 5.04. The van der Waals surface area contributed by atoms with Gasteiger partial charge < -0.3 is 14.9 Å². The molecule has 0 heterocycles. The van der Waals surface area contributed by atoms with E-state index in [4.69, 9.17) is 14.9 Å². The lowest BCUT2D eigenvalue weighted by atomic mass is 10.2. The first-order chi connectivity index (χ1) is 7.54. The second kappa shape index (κ2) is 14.0. The molecule has 0 amide bonds. The van der Waals surface area contributed by atoms with Crippen LogP contribution in [0.3, 0.4) is 0 Å². The van der Waals surface area contributed by atoms with Crippen LogP contribution in [-0.2, 0) is 9.53 Å². The Balaban J connectivity index is 0. The number of aliphatic carboxylic acids is 1. The minimum Gasteiger partial charge on any atom is -0.502 e. The van der Waals surface area contributed by atoms with Crippen molar-refractivity contribution in [1.29, 1.82) is 0 Å². The first kappa shape index (κ1) is 17.4. The molecule has 2 N–H and O–H groups in total. The molecule has 0 saturated heterocycles. The largest absolute Gasteiger partial charge is 0.502 e. The Kier molecular flexibility index (Phi) is 15.2. The van der Waals surface area contributed by atoms with Gasteiger partial charge >= 0.3 is 5.97 Å². The topological polar surface area (TPSA) is 66.8 Å². The summed E-state index contributed by atoms with van der Waals surface area (Å²) in [4.78, 5) is 9.60. The number of hydrogen-bond acceptors (Lipinski definition) is 3. The van der Waals surface area contributed by atoms with E-state index in [1.807, 2.05) is 19.9 Å². The third-order valence-electron chi connectivity index (χ3n) is 1.58. The highest BCUT2D eigenvalue weighted by Crippen LogP contribution is 1.95. The second-order valence-electron chi connectivity index (χ2n) is 3.48. The Morgan fingerprint density at radius 3 is 2.44 bits per heavy atom. The fourth-order valence-corrected chi connectivity index (χ4v) is 0.840. The van der Waals surface area contributed by atoms with Gasteiger partial charge in [-0.25, -0.2) is 0 Å². The molecule has 4 heteroatoms. The van der Waals surface area contributed by atoms with Gasteiger partial charge in [-0.05, 0) is 33.1 Å². The maximum atomic E-state index is 9.60. The maximum Gasteiger partial charge on any atom is 0.303 e. The van der Waals surface area contributed by atoms with Crippen LogP contribution in [0.2, 0.25) is 0 Å². The molecule has 0 aliphatic carbocycles. The zero-order valence-corrected chi connectivity index (χ0v) is 10.5. The minimum atomic E-state index is -0.711. The first-order valence-corrected chi connectivity index (χ1v) is 5.67. The molecule has 96 valence electrons. The Morgan fingerprint density at radius 1 is 1.50 bits per heavy atom. The summed E-state index contributed by atoms with van der Waals surface area (Å²) in [6.45, 7) is 6.24. The molecule has 0 saturated carbocycles. The minimum absolute atomic E-state index is 0.200.